The molecule has 1 heterocycles. The first-order chi connectivity index (χ1) is 8.36. The molecule has 0 N–H and O–H groups in total. The smallest absolute Gasteiger partial charge is 0.134 e. The summed E-state index contributed by atoms with van der Waals surface area (Å²) in [6.45, 7) is 0.683. The lowest BCUT2D eigenvalue weighted by Gasteiger charge is -2.14. The van der Waals surface area contributed by atoms with Crippen LogP contribution in [0.15, 0.2) is 47.5 Å². The maximum absolute atomic E-state index is 14.4. The molecule has 0 aromatic heterocycles. The van der Waals surface area contributed by atoms with E-state index in [9.17, 15) is 4.39 Å². The summed E-state index contributed by atoms with van der Waals surface area (Å²) in [5, 5.41) is 0. The second-order valence-corrected chi connectivity index (χ2v) is 4.15. The Morgan fingerprint density at radius 2 is 1.82 bits per heavy atom. The molecule has 1 aliphatic rings. The fourth-order valence-electron chi connectivity index (χ4n) is 2.19. The van der Waals surface area contributed by atoms with Crippen LogP contribution in [0.25, 0.3) is 11.1 Å². The number of hydrogen-bond acceptors (Lipinski definition) is 1. The van der Waals surface area contributed by atoms with Crippen molar-refractivity contribution in [3.63, 3.8) is 0 Å². The van der Waals surface area contributed by atoms with Gasteiger partial charge in [0.25, 0.3) is 0 Å². The highest BCUT2D eigenvalue weighted by molar-refractivity contribution is 5.84. The summed E-state index contributed by atoms with van der Waals surface area (Å²) in [6.07, 6.45) is 2.45. The fraction of sp³-hybridized carbons (Fsp3) is 0.133. The monoisotopic (exact) mass is 225 g/mol. The molecule has 0 radical (unpaired) electrons. The average Bonchev–Trinajstić information content (AvgIpc) is 2.40. The molecule has 0 saturated heterocycles. The molecule has 2 heteroatoms. The van der Waals surface area contributed by atoms with Crippen molar-refractivity contribution in [3.8, 4) is 11.1 Å². The highest BCUT2D eigenvalue weighted by atomic mass is 19.1. The van der Waals surface area contributed by atoms with Gasteiger partial charge in [0.2, 0.25) is 0 Å². The van der Waals surface area contributed by atoms with E-state index >= 15 is 0 Å². The minimum absolute atomic E-state index is 0.0974. The Morgan fingerprint density at radius 1 is 1.00 bits per heavy atom. The molecule has 0 fully saturated rings. The Kier molecular flexibility index (Phi) is 2.48. The summed E-state index contributed by atoms with van der Waals surface area (Å²) < 4.78 is 14.4. The number of hydrogen-bond donors (Lipinski definition) is 0. The molecule has 1 aliphatic heterocycles. The summed E-state index contributed by atoms with van der Waals surface area (Å²) >= 11 is 0. The van der Waals surface area contributed by atoms with Crippen LogP contribution in [-0.4, -0.2) is 12.8 Å². The molecule has 0 saturated carbocycles. The van der Waals surface area contributed by atoms with Crippen LogP contribution in [0.3, 0.4) is 0 Å². The molecule has 1 nitrogen and oxygen atoms in total. The van der Waals surface area contributed by atoms with Gasteiger partial charge in [-0.25, -0.2) is 4.39 Å². The zero-order valence-electron chi connectivity index (χ0n) is 9.36. The molecule has 2 aromatic carbocycles. The van der Waals surface area contributed by atoms with Gasteiger partial charge in [-0.3, -0.25) is 4.99 Å². The zero-order valence-corrected chi connectivity index (χ0v) is 9.36. The predicted molar refractivity (Wildman–Crippen MR) is 68.0 cm³/mol. The Morgan fingerprint density at radius 3 is 2.65 bits per heavy atom. The van der Waals surface area contributed by atoms with Gasteiger partial charge in [-0.05, 0) is 23.1 Å². The molecule has 2 aromatic rings. The van der Waals surface area contributed by atoms with Crippen molar-refractivity contribution < 1.29 is 4.39 Å². The summed E-state index contributed by atoms with van der Waals surface area (Å²) in [5.41, 5.74) is 3.31. The lowest BCUT2D eigenvalue weighted by molar-refractivity contribution is 0.611. The topological polar surface area (TPSA) is 12.4 Å². The van der Waals surface area contributed by atoms with Crippen molar-refractivity contribution in [2.24, 2.45) is 4.99 Å². The van der Waals surface area contributed by atoms with Gasteiger partial charge in [0.1, 0.15) is 5.82 Å². The van der Waals surface area contributed by atoms with Crippen molar-refractivity contribution in [2.75, 3.05) is 6.54 Å². The van der Waals surface area contributed by atoms with Crippen LogP contribution in [0.5, 0.6) is 0 Å². The Balaban J connectivity index is 2.17. The molecular weight excluding hydrogens is 213 g/mol. The van der Waals surface area contributed by atoms with Gasteiger partial charge < -0.3 is 0 Å². The van der Waals surface area contributed by atoms with E-state index in [1.807, 2.05) is 42.5 Å². The minimum atomic E-state index is -0.0974. The van der Waals surface area contributed by atoms with Gasteiger partial charge in [0.15, 0.2) is 0 Å². The molecule has 0 atom stereocenters. The molecule has 0 spiro atoms. The van der Waals surface area contributed by atoms with Crippen LogP contribution in [0.2, 0.25) is 0 Å². The van der Waals surface area contributed by atoms with Gasteiger partial charge >= 0.3 is 0 Å². The predicted octanol–water partition coefficient (Wildman–Crippen LogP) is 3.47. The number of benzene rings is 2. The van der Waals surface area contributed by atoms with Crippen molar-refractivity contribution >= 4 is 6.21 Å². The van der Waals surface area contributed by atoms with Gasteiger partial charge in [-0.2, -0.15) is 0 Å². The van der Waals surface area contributed by atoms with Gasteiger partial charge in [0.05, 0.1) is 0 Å². The van der Waals surface area contributed by atoms with Crippen LogP contribution in [0, 0.1) is 5.82 Å². The SMILES string of the molecule is Fc1c(-c2ccccc2)ccc2c1CCN=C2. The second-order valence-electron chi connectivity index (χ2n) is 4.15. The summed E-state index contributed by atoms with van der Waals surface area (Å²) in [4.78, 5) is 4.17. The average molecular weight is 225 g/mol. The molecule has 0 amide bonds. The van der Waals surface area contributed by atoms with E-state index in [-0.39, 0.29) is 5.82 Å². The quantitative estimate of drug-likeness (QED) is 0.704. The lowest BCUT2D eigenvalue weighted by Crippen LogP contribution is -2.06. The molecule has 84 valence electrons. The van der Waals surface area contributed by atoms with E-state index < -0.39 is 0 Å². The van der Waals surface area contributed by atoms with Crippen LogP contribution < -0.4 is 0 Å². The zero-order chi connectivity index (χ0) is 11.7. The molecule has 3 rings (SSSR count). The van der Waals surface area contributed by atoms with Crippen LogP contribution >= 0.6 is 0 Å². The first kappa shape index (κ1) is 10.2. The maximum Gasteiger partial charge on any atom is 0.134 e. The molecule has 17 heavy (non-hydrogen) atoms. The van der Waals surface area contributed by atoms with Gasteiger partial charge in [0, 0.05) is 18.3 Å². The van der Waals surface area contributed by atoms with Gasteiger partial charge in [-0.15, -0.1) is 0 Å². The fourth-order valence-corrected chi connectivity index (χ4v) is 2.19. The summed E-state index contributed by atoms with van der Waals surface area (Å²) in [6, 6.07) is 13.4. The third kappa shape index (κ3) is 1.76. The van der Waals surface area contributed by atoms with E-state index in [2.05, 4.69) is 4.99 Å². The van der Waals surface area contributed by atoms with Crippen molar-refractivity contribution in [1.29, 1.82) is 0 Å². The van der Waals surface area contributed by atoms with Crippen molar-refractivity contribution in [1.82, 2.24) is 0 Å². The Labute approximate surface area is 99.6 Å². The highest BCUT2D eigenvalue weighted by Gasteiger charge is 2.15. The molecule has 0 aliphatic carbocycles. The first-order valence-electron chi connectivity index (χ1n) is 5.73. The number of nitrogens with zero attached hydrogens (tertiary/aromatic N) is 1. The van der Waals surface area contributed by atoms with E-state index in [0.717, 1.165) is 16.7 Å². The first-order valence-corrected chi connectivity index (χ1v) is 5.73. The molecule has 0 bridgehead atoms. The van der Waals surface area contributed by atoms with Crippen molar-refractivity contribution in [2.45, 2.75) is 6.42 Å². The largest absolute Gasteiger partial charge is 0.292 e. The maximum atomic E-state index is 14.4. The highest BCUT2D eigenvalue weighted by Crippen LogP contribution is 2.27. The minimum Gasteiger partial charge on any atom is -0.292 e. The van der Waals surface area contributed by atoms with E-state index in [1.165, 1.54) is 0 Å². The van der Waals surface area contributed by atoms with E-state index in [0.29, 0.717) is 18.5 Å². The normalized spacial score (nSPS) is 13.5. The standard InChI is InChI=1S/C15H12FN/c16-15-13(11-4-2-1-3-5-11)7-6-12-10-17-9-8-14(12)15/h1-7,10H,8-9H2. The van der Waals surface area contributed by atoms with Crippen LogP contribution in [-0.2, 0) is 6.42 Å². The summed E-state index contributed by atoms with van der Waals surface area (Å²) in [7, 11) is 0. The van der Waals surface area contributed by atoms with Gasteiger partial charge in [-0.1, -0.05) is 42.5 Å². The number of rotatable bonds is 1. The van der Waals surface area contributed by atoms with Crippen LogP contribution in [0.4, 0.5) is 4.39 Å². The number of halogens is 1. The number of fused-ring (bicyclic) bond motifs is 1. The Bertz CT molecular complexity index is 573. The van der Waals surface area contributed by atoms with E-state index in [1.54, 1.807) is 6.21 Å². The third-order valence-corrected chi connectivity index (χ3v) is 3.09. The van der Waals surface area contributed by atoms with E-state index in [4.69, 9.17) is 0 Å². The second kappa shape index (κ2) is 4.13. The third-order valence-electron chi connectivity index (χ3n) is 3.09. The summed E-state index contributed by atoms with van der Waals surface area (Å²) in [5.74, 6) is -0.0974. The van der Waals surface area contributed by atoms with Crippen molar-refractivity contribution in [3.05, 3.63) is 59.4 Å². The number of aliphatic imine (C=N–C) groups is 1. The van der Waals surface area contributed by atoms with Crippen LogP contribution in [0.1, 0.15) is 11.1 Å². The Hall–Kier alpha value is -1.96. The lowest BCUT2D eigenvalue weighted by atomic mass is 9.95. The molecule has 0 unspecified atom stereocenters. The molecular formula is C15H12FN.